The molecule has 1 aliphatic rings. The van der Waals surface area contributed by atoms with Gasteiger partial charge in [-0.25, -0.2) is 4.39 Å². The molecule has 0 fully saturated rings. The first-order valence-corrected chi connectivity index (χ1v) is 9.88. The van der Waals surface area contributed by atoms with Gasteiger partial charge in [0.1, 0.15) is 30.7 Å². The van der Waals surface area contributed by atoms with Gasteiger partial charge in [0.15, 0.2) is 11.6 Å². The number of ketones is 2. The third kappa shape index (κ3) is 3.51. The largest absolute Gasteiger partial charge is 0.486 e. The van der Waals surface area contributed by atoms with Crippen molar-refractivity contribution in [2.75, 3.05) is 6.67 Å². The van der Waals surface area contributed by atoms with E-state index in [0.717, 1.165) is 5.56 Å². The Morgan fingerprint density at radius 2 is 1.93 bits per heavy atom. The average molecular weight is 407 g/mol. The van der Waals surface area contributed by atoms with Crippen molar-refractivity contribution in [1.82, 2.24) is 14.8 Å². The number of rotatable bonds is 7. The molecule has 0 bridgehead atoms. The highest BCUT2D eigenvalue weighted by Crippen LogP contribution is 2.45. The fourth-order valence-electron chi connectivity index (χ4n) is 3.88. The number of alkyl halides is 1. The van der Waals surface area contributed by atoms with Crippen LogP contribution in [0.25, 0.3) is 0 Å². The summed E-state index contributed by atoms with van der Waals surface area (Å²) in [5.41, 5.74) is 2.27. The zero-order chi connectivity index (χ0) is 21.3. The van der Waals surface area contributed by atoms with Crippen molar-refractivity contribution in [3.8, 4) is 5.75 Å². The van der Waals surface area contributed by atoms with Gasteiger partial charge >= 0.3 is 0 Å². The molecule has 0 spiro atoms. The number of halogens is 1. The molecule has 3 aromatic rings. The summed E-state index contributed by atoms with van der Waals surface area (Å²) in [4.78, 5) is 25.7. The van der Waals surface area contributed by atoms with E-state index in [1.807, 2.05) is 30.3 Å². The van der Waals surface area contributed by atoms with Crippen LogP contribution in [0.5, 0.6) is 5.75 Å². The van der Waals surface area contributed by atoms with Gasteiger partial charge in [-0.05, 0) is 17.7 Å². The van der Waals surface area contributed by atoms with Crippen LogP contribution in [0, 0.1) is 0 Å². The number of carbonyl (C=O) groups is 2. The molecule has 0 radical (unpaired) electrons. The Balaban J connectivity index is 1.82. The minimum atomic E-state index is -0.741. The first-order valence-electron chi connectivity index (χ1n) is 9.88. The standard InChI is InChI=1S/C23H22FN3O3/c1-3-18(28)16-9-15(19(29)11-21-26-25-13-27(21)2)10-17-22(14-7-5-4-6-8-14)20(12-24)30-23(16)17/h4-10,13,20,22H,3,11-12H2,1-2H3/t20-,22+/m0/s1. The highest BCUT2D eigenvalue weighted by Gasteiger charge is 2.38. The number of nitrogens with zero attached hydrogens (tertiary/aromatic N) is 3. The predicted molar refractivity (Wildman–Crippen MR) is 109 cm³/mol. The second kappa shape index (κ2) is 8.18. The summed E-state index contributed by atoms with van der Waals surface area (Å²) in [6.45, 7) is 1.05. The molecule has 2 atom stereocenters. The fraction of sp³-hybridized carbons (Fsp3) is 0.304. The molecule has 6 nitrogen and oxygen atoms in total. The van der Waals surface area contributed by atoms with Gasteiger partial charge < -0.3 is 9.30 Å². The monoisotopic (exact) mass is 407 g/mol. The Labute approximate surface area is 173 Å². The zero-order valence-electron chi connectivity index (χ0n) is 16.8. The summed E-state index contributed by atoms with van der Waals surface area (Å²) in [5, 5.41) is 7.77. The van der Waals surface area contributed by atoms with Gasteiger partial charge in [0.05, 0.1) is 17.9 Å². The van der Waals surface area contributed by atoms with E-state index in [1.165, 1.54) is 6.33 Å². The molecule has 0 amide bonds. The van der Waals surface area contributed by atoms with Gasteiger partial charge in [-0.1, -0.05) is 37.3 Å². The van der Waals surface area contributed by atoms with Crippen LogP contribution in [0.3, 0.4) is 0 Å². The van der Waals surface area contributed by atoms with Crippen molar-refractivity contribution >= 4 is 11.6 Å². The third-order valence-corrected chi connectivity index (χ3v) is 5.47. The van der Waals surface area contributed by atoms with Crippen LogP contribution in [0.1, 0.15) is 56.9 Å². The van der Waals surface area contributed by atoms with Crippen LogP contribution in [-0.4, -0.2) is 39.1 Å². The first kappa shape index (κ1) is 19.9. The minimum absolute atomic E-state index is 0.0540. The van der Waals surface area contributed by atoms with Crippen molar-refractivity contribution in [3.05, 3.63) is 76.9 Å². The summed E-state index contributed by atoms with van der Waals surface area (Å²) in [5.74, 6) is 0.188. The third-order valence-electron chi connectivity index (χ3n) is 5.47. The van der Waals surface area contributed by atoms with Crippen LogP contribution in [0.2, 0.25) is 0 Å². The van der Waals surface area contributed by atoms with Gasteiger partial charge in [-0.15, -0.1) is 10.2 Å². The Kier molecular flexibility index (Phi) is 5.44. The topological polar surface area (TPSA) is 74.1 Å². The number of carbonyl (C=O) groups excluding carboxylic acids is 2. The van der Waals surface area contributed by atoms with E-state index in [4.69, 9.17) is 4.74 Å². The molecule has 1 aromatic heterocycles. The van der Waals surface area contributed by atoms with E-state index >= 15 is 0 Å². The molecule has 0 N–H and O–H groups in total. The lowest BCUT2D eigenvalue weighted by molar-refractivity contribution is 0.0980. The number of hydrogen-bond acceptors (Lipinski definition) is 5. The lowest BCUT2D eigenvalue weighted by atomic mass is 9.85. The zero-order valence-corrected chi connectivity index (χ0v) is 16.8. The fourth-order valence-corrected chi connectivity index (χ4v) is 3.88. The van der Waals surface area contributed by atoms with Crippen LogP contribution >= 0.6 is 0 Å². The number of fused-ring (bicyclic) bond motifs is 1. The summed E-state index contributed by atoms with van der Waals surface area (Å²) < 4.78 is 21.5. The molecular formula is C23H22FN3O3. The van der Waals surface area contributed by atoms with Crippen molar-refractivity contribution in [2.45, 2.75) is 31.8 Å². The smallest absolute Gasteiger partial charge is 0.170 e. The molecular weight excluding hydrogens is 385 g/mol. The Hall–Kier alpha value is -3.35. The number of ether oxygens (including phenoxy) is 1. The second-order valence-electron chi connectivity index (χ2n) is 7.38. The van der Waals surface area contributed by atoms with Gasteiger partial charge in [0, 0.05) is 24.6 Å². The Bertz CT molecular complexity index is 1090. The van der Waals surface area contributed by atoms with E-state index in [1.54, 1.807) is 30.7 Å². The molecule has 0 saturated carbocycles. The van der Waals surface area contributed by atoms with E-state index < -0.39 is 18.7 Å². The number of hydrogen-bond donors (Lipinski definition) is 0. The maximum atomic E-state index is 13.9. The molecule has 0 unspecified atom stereocenters. The second-order valence-corrected chi connectivity index (χ2v) is 7.38. The van der Waals surface area contributed by atoms with Gasteiger partial charge in [0.2, 0.25) is 0 Å². The quantitative estimate of drug-likeness (QED) is 0.559. The lowest BCUT2D eigenvalue weighted by Crippen LogP contribution is -2.22. The SMILES string of the molecule is CCC(=O)c1cc(C(=O)Cc2nncn2C)cc2c1O[C@@H](CF)[C@@H]2c1ccccc1. The summed E-state index contributed by atoms with van der Waals surface area (Å²) in [6, 6.07) is 12.7. The number of aryl methyl sites for hydroxylation is 1. The molecule has 154 valence electrons. The lowest BCUT2D eigenvalue weighted by Gasteiger charge is -2.16. The maximum absolute atomic E-state index is 13.9. The minimum Gasteiger partial charge on any atom is -0.486 e. The number of aromatic nitrogens is 3. The summed E-state index contributed by atoms with van der Waals surface area (Å²) >= 11 is 0. The van der Waals surface area contributed by atoms with Crippen LogP contribution < -0.4 is 4.74 Å². The van der Waals surface area contributed by atoms with Crippen molar-refractivity contribution in [3.63, 3.8) is 0 Å². The summed E-state index contributed by atoms with van der Waals surface area (Å²) in [7, 11) is 1.77. The average Bonchev–Trinajstić information content (AvgIpc) is 3.35. The molecule has 7 heteroatoms. The predicted octanol–water partition coefficient (Wildman–Crippen LogP) is 3.70. The first-order chi connectivity index (χ1) is 14.5. The molecule has 0 saturated heterocycles. The van der Waals surface area contributed by atoms with Gasteiger partial charge in [0.25, 0.3) is 0 Å². The molecule has 1 aliphatic heterocycles. The van der Waals surface area contributed by atoms with Crippen LogP contribution in [-0.2, 0) is 13.5 Å². The van der Waals surface area contributed by atoms with Crippen molar-refractivity contribution in [2.24, 2.45) is 7.05 Å². The van der Waals surface area contributed by atoms with E-state index in [9.17, 15) is 14.0 Å². The molecule has 4 rings (SSSR count). The van der Waals surface area contributed by atoms with Gasteiger partial charge in [-0.2, -0.15) is 0 Å². The summed E-state index contributed by atoms with van der Waals surface area (Å²) in [6.07, 6.45) is 1.10. The van der Waals surface area contributed by atoms with Gasteiger partial charge in [-0.3, -0.25) is 9.59 Å². The molecule has 0 aliphatic carbocycles. The Morgan fingerprint density at radius 1 is 1.17 bits per heavy atom. The van der Waals surface area contributed by atoms with Crippen molar-refractivity contribution < 1.29 is 18.7 Å². The highest BCUT2D eigenvalue weighted by atomic mass is 19.1. The molecule has 2 aromatic carbocycles. The normalized spacial score (nSPS) is 17.4. The highest BCUT2D eigenvalue weighted by molar-refractivity contribution is 6.04. The van der Waals surface area contributed by atoms with Crippen LogP contribution in [0.4, 0.5) is 4.39 Å². The molecule has 2 heterocycles. The van der Waals surface area contributed by atoms with E-state index in [2.05, 4.69) is 10.2 Å². The number of Topliss-reactive ketones (excluding diaryl/α,β-unsaturated/α-hetero) is 2. The van der Waals surface area contributed by atoms with E-state index in [0.29, 0.717) is 28.3 Å². The van der Waals surface area contributed by atoms with Crippen LogP contribution in [0.15, 0.2) is 48.8 Å². The van der Waals surface area contributed by atoms with Crippen molar-refractivity contribution in [1.29, 1.82) is 0 Å². The maximum Gasteiger partial charge on any atom is 0.170 e. The number of benzene rings is 2. The van der Waals surface area contributed by atoms with E-state index in [-0.39, 0.29) is 24.4 Å². The molecule has 30 heavy (non-hydrogen) atoms. The Morgan fingerprint density at radius 3 is 2.57 bits per heavy atom.